The first-order valence-electron chi connectivity index (χ1n) is 7.41. The molecule has 0 unspecified atom stereocenters. The van der Waals surface area contributed by atoms with Gasteiger partial charge in [0.2, 0.25) is 0 Å². The van der Waals surface area contributed by atoms with Gasteiger partial charge in [0, 0.05) is 17.4 Å². The van der Waals surface area contributed by atoms with Crippen LogP contribution in [0.4, 0.5) is 11.4 Å². The van der Waals surface area contributed by atoms with Gasteiger partial charge in [-0.1, -0.05) is 17.7 Å². The third-order valence-corrected chi connectivity index (χ3v) is 5.25. The van der Waals surface area contributed by atoms with E-state index in [0.717, 1.165) is 16.8 Å². The molecule has 2 aromatic carbocycles. The maximum absolute atomic E-state index is 12.5. The van der Waals surface area contributed by atoms with Crippen LogP contribution in [-0.2, 0) is 10.0 Å². The van der Waals surface area contributed by atoms with E-state index in [2.05, 4.69) is 10.0 Å². The van der Waals surface area contributed by atoms with Crippen molar-refractivity contribution in [1.29, 1.82) is 0 Å². The lowest BCUT2D eigenvalue weighted by Gasteiger charge is -2.12. The van der Waals surface area contributed by atoms with Crippen LogP contribution in [0.3, 0.4) is 0 Å². The first kappa shape index (κ1) is 14.9. The number of aryl methyl sites for hydroxylation is 2. The summed E-state index contributed by atoms with van der Waals surface area (Å²) in [5.74, 6) is 0. The second kappa shape index (κ2) is 5.65. The zero-order valence-electron chi connectivity index (χ0n) is 12.8. The van der Waals surface area contributed by atoms with Crippen LogP contribution in [0.5, 0.6) is 0 Å². The molecule has 0 radical (unpaired) electrons. The van der Waals surface area contributed by atoms with Crippen LogP contribution >= 0.6 is 0 Å². The van der Waals surface area contributed by atoms with Crippen molar-refractivity contribution < 1.29 is 8.42 Å². The van der Waals surface area contributed by atoms with Gasteiger partial charge in [-0.25, -0.2) is 8.42 Å². The van der Waals surface area contributed by atoms with E-state index in [9.17, 15) is 8.42 Å². The summed E-state index contributed by atoms with van der Waals surface area (Å²) in [6.45, 7) is 3.76. The first-order valence-corrected chi connectivity index (χ1v) is 8.89. The Labute approximate surface area is 131 Å². The molecule has 22 heavy (non-hydrogen) atoms. The van der Waals surface area contributed by atoms with Crippen LogP contribution in [0.1, 0.15) is 24.0 Å². The van der Waals surface area contributed by atoms with Crippen molar-refractivity contribution in [2.24, 2.45) is 0 Å². The van der Waals surface area contributed by atoms with Crippen molar-refractivity contribution in [2.45, 2.75) is 37.6 Å². The number of benzene rings is 2. The van der Waals surface area contributed by atoms with E-state index >= 15 is 0 Å². The van der Waals surface area contributed by atoms with Gasteiger partial charge in [-0.3, -0.25) is 4.72 Å². The van der Waals surface area contributed by atoms with Gasteiger partial charge >= 0.3 is 0 Å². The van der Waals surface area contributed by atoms with E-state index in [1.807, 2.05) is 38.1 Å². The Morgan fingerprint density at radius 3 is 2.18 bits per heavy atom. The van der Waals surface area contributed by atoms with Crippen LogP contribution in [-0.4, -0.2) is 14.5 Å². The number of sulfonamides is 1. The molecule has 116 valence electrons. The van der Waals surface area contributed by atoms with Crippen molar-refractivity contribution in [2.75, 3.05) is 10.0 Å². The van der Waals surface area contributed by atoms with Crippen LogP contribution in [0.2, 0.25) is 0 Å². The Balaban J connectivity index is 1.78. The quantitative estimate of drug-likeness (QED) is 0.884. The molecule has 3 rings (SSSR count). The molecule has 0 atom stereocenters. The van der Waals surface area contributed by atoms with E-state index in [1.54, 1.807) is 18.2 Å². The fourth-order valence-electron chi connectivity index (χ4n) is 2.41. The fraction of sp³-hybridized carbons (Fsp3) is 0.294. The largest absolute Gasteiger partial charge is 0.382 e. The van der Waals surface area contributed by atoms with Gasteiger partial charge < -0.3 is 5.32 Å². The zero-order valence-corrected chi connectivity index (χ0v) is 13.6. The van der Waals surface area contributed by atoms with E-state index in [-0.39, 0.29) is 0 Å². The Morgan fingerprint density at radius 2 is 1.59 bits per heavy atom. The molecule has 0 bridgehead atoms. The summed E-state index contributed by atoms with van der Waals surface area (Å²) in [6, 6.07) is 13.3. The van der Waals surface area contributed by atoms with E-state index in [1.165, 1.54) is 12.8 Å². The third-order valence-electron chi connectivity index (χ3n) is 3.71. The van der Waals surface area contributed by atoms with Gasteiger partial charge in [0.15, 0.2) is 0 Å². The van der Waals surface area contributed by atoms with Gasteiger partial charge in [-0.15, -0.1) is 0 Å². The summed E-state index contributed by atoms with van der Waals surface area (Å²) in [5.41, 5.74) is 3.39. The Hall–Kier alpha value is -2.01. The van der Waals surface area contributed by atoms with Gasteiger partial charge in [0.25, 0.3) is 10.0 Å². The molecular weight excluding hydrogens is 296 g/mol. The standard InChI is InChI=1S/C17H20N2O2S/c1-12-3-10-17(13(2)11-12)22(20,21)19-16-8-6-15(7-9-16)18-14-4-5-14/h3,6-11,14,18-19H,4-5H2,1-2H3. The second-order valence-corrected chi connectivity index (χ2v) is 7.52. The van der Waals surface area contributed by atoms with Crippen LogP contribution in [0.15, 0.2) is 47.4 Å². The molecule has 2 N–H and O–H groups in total. The lowest BCUT2D eigenvalue weighted by molar-refractivity contribution is 0.600. The highest BCUT2D eigenvalue weighted by atomic mass is 32.2. The molecule has 0 aromatic heterocycles. The number of hydrogen-bond donors (Lipinski definition) is 2. The SMILES string of the molecule is Cc1ccc(S(=O)(=O)Nc2ccc(NC3CC3)cc2)c(C)c1. The fourth-order valence-corrected chi connectivity index (χ4v) is 3.70. The number of rotatable bonds is 5. The summed E-state index contributed by atoms with van der Waals surface area (Å²) < 4.78 is 27.6. The normalized spacial score (nSPS) is 14.6. The predicted octanol–water partition coefficient (Wildman–Crippen LogP) is 3.68. The van der Waals surface area contributed by atoms with Crippen LogP contribution < -0.4 is 10.0 Å². The van der Waals surface area contributed by atoms with E-state index in [4.69, 9.17) is 0 Å². The van der Waals surface area contributed by atoms with Gasteiger partial charge in [-0.05, 0) is 62.6 Å². The van der Waals surface area contributed by atoms with Gasteiger partial charge in [0.1, 0.15) is 0 Å². The highest BCUT2D eigenvalue weighted by molar-refractivity contribution is 7.92. The second-order valence-electron chi connectivity index (χ2n) is 5.87. The molecule has 1 fully saturated rings. The predicted molar refractivity (Wildman–Crippen MR) is 89.8 cm³/mol. The molecule has 5 heteroatoms. The minimum Gasteiger partial charge on any atom is -0.382 e. The summed E-state index contributed by atoms with van der Waals surface area (Å²) >= 11 is 0. The van der Waals surface area contributed by atoms with Gasteiger partial charge in [0.05, 0.1) is 4.90 Å². The molecule has 0 amide bonds. The van der Waals surface area contributed by atoms with E-state index < -0.39 is 10.0 Å². The average molecular weight is 316 g/mol. The molecule has 0 aliphatic heterocycles. The minimum absolute atomic E-state index is 0.318. The zero-order chi connectivity index (χ0) is 15.7. The summed E-state index contributed by atoms with van der Waals surface area (Å²) in [6.07, 6.45) is 2.42. The third kappa shape index (κ3) is 3.42. The Kier molecular flexibility index (Phi) is 3.83. The minimum atomic E-state index is -3.55. The van der Waals surface area contributed by atoms with Crippen molar-refractivity contribution in [3.05, 3.63) is 53.6 Å². The van der Waals surface area contributed by atoms with Crippen molar-refractivity contribution >= 4 is 21.4 Å². The molecule has 0 spiro atoms. The van der Waals surface area contributed by atoms with Crippen molar-refractivity contribution in [1.82, 2.24) is 0 Å². The molecular formula is C17H20N2O2S. The van der Waals surface area contributed by atoms with Crippen molar-refractivity contribution in [3.63, 3.8) is 0 Å². The molecule has 2 aromatic rings. The monoisotopic (exact) mass is 316 g/mol. The smallest absolute Gasteiger partial charge is 0.262 e. The Bertz CT molecular complexity index is 779. The molecule has 1 saturated carbocycles. The maximum Gasteiger partial charge on any atom is 0.262 e. The van der Waals surface area contributed by atoms with Crippen LogP contribution in [0, 0.1) is 13.8 Å². The maximum atomic E-state index is 12.5. The number of anilines is 2. The Morgan fingerprint density at radius 1 is 0.955 bits per heavy atom. The summed E-state index contributed by atoms with van der Waals surface area (Å²) in [7, 11) is -3.55. The van der Waals surface area contributed by atoms with Gasteiger partial charge in [-0.2, -0.15) is 0 Å². The average Bonchev–Trinajstić information content (AvgIpc) is 3.24. The van der Waals surface area contributed by atoms with Crippen LogP contribution in [0.25, 0.3) is 0 Å². The summed E-state index contributed by atoms with van der Waals surface area (Å²) in [5, 5.41) is 3.38. The topological polar surface area (TPSA) is 58.2 Å². The molecule has 0 saturated heterocycles. The van der Waals surface area contributed by atoms with Crippen molar-refractivity contribution in [3.8, 4) is 0 Å². The summed E-state index contributed by atoms with van der Waals surface area (Å²) in [4.78, 5) is 0.318. The molecule has 4 nitrogen and oxygen atoms in total. The number of hydrogen-bond acceptors (Lipinski definition) is 3. The van der Waals surface area contributed by atoms with E-state index in [0.29, 0.717) is 16.6 Å². The lowest BCUT2D eigenvalue weighted by atomic mass is 10.2. The number of nitrogens with one attached hydrogen (secondary N) is 2. The molecule has 1 aliphatic carbocycles. The first-order chi connectivity index (χ1) is 10.4. The molecule has 1 aliphatic rings. The highest BCUT2D eigenvalue weighted by Gasteiger charge is 2.21. The lowest BCUT2D eigenvalue weighted by Crippen LogP contribution is -2.14. The highest BCUT2D eigenvalue weighted by Crippen LogP contribution is 2.26. The molecule has 0 heterocycles.